The van der Waals surface area contributed by atoms with Crippen LogP contribution in [-0.2, 0) is 0 Å². The van der Waals surface area contributed by atoms with Crippen molar-refractivity contribution in [1.82, 2.24) is 0 Å². The van der Waals surface area contributed by atoms with Gasteiger partial charge in [0.25, 0.3) is 0 Å². The summed E-state index contributed by atoms with van der Waals surface area (Å²) in [5, 5.41) is 0. The fourth-order valence-electron chi connectivity index (χ4n) is 1.33. The summed E-state index contributed by atoms with van der Waals surface area (Å²) in [6, 6.07) is 5.97. The Labute approximate surface area is 98.6 Å². The van der Waals surface area contributed by atoms with E-state index in [1.54, 1.807) is 19.1 Å². The van der Waals surface area contributed by atoms with Gasteiger partial charge in [0, 0.05) is 12.8 Å². The number of benzene rings is 1. The molecule has 0 aliphatic carbocycles. The van der Waals surface area contributed by atoms with Crippen LogP contribution in [0.2, 0.25) is 0 Å². The van der Waals surface area contributed by atoms with Crippen molar-refractivity contribution in [2.45, 2.75) is 26.4 Å². The zero-order valence-corrected chi connectivity index (χ0v) is 9.37. The van der Waals surface area contributed by atoms with E-state index in [1.807, 2.05) is 0 Å². The first kappa shape index (κ1) is 13.2. The van der Waals surface area contributed by atoms with Gasteiger partial charge in [0.2, 0.25) is 0 Å². The van der Waals surface area contributed by atoms with Gasteiger partial charge in [0.15, 0.2) is 5.78 Å². The van der Waals surface area contributed by atoms with E-state index < -0.39 is 6.61 Å². The van der Waals surface area contributed by atoms with Gasteiger partial charge in [0.1, 0.15) is 5.75 Å². The van der Waals surface area contributed by atoms with Crippen molar-refractivity contribution in [3.8, 4) is 17.6 Å². The minimum atomic E-state index is -2.93. The summed E-state index contributed by atoms with van der Waals surface area (Å²) in [6.45, 7) is -1.25. The highest BCUT2D eigenvalue weighted by Crippen LogP contribution is 2.21. The Morgan fingerprint density at radius 1 is 1.41 bits per heavy atom. The molecular weight excluding hydrogens is 226 g/mol. The number of alkyl halides is 2. The van der Waals surface area contributed by atoms with Crippen molar-refractivity contribution >= 4 is 5.78 Å². The van der Waals surface area contributed by atoms with E-state index in [2.05, 4.69) is 16.6 Å². The van der Waals surface area contributed by atoms with Crippen molar-refractivity contribution in [3.63, 3.8) is 0 Å². The van der Waals surface area contributed by atoms with Gasteiger partial charge >= 0.3 is 6.61 Å². The number of carbonyl (C=O) groups is 1. The molecule has 0 saturated carbocycles. The van der Waals surface area contributed by atoms with E-state index in [4.69, 9.17) is 0 Å². The first-order valence-electron chi connectivity index (χ1n) is 5.11. The molecule has 0 spiro atoms. The normalized spacial score (nSPS) is 9.65. The molecule has 0 aliphatic rings. The fourth-order valence-corrected chi connectivity index (χ4v) is 1.33. The second-order valence-corrected chi connectivity index (χ2v) is 3.22. The Kier molecular flexibility index (Phi) is 5.15. The topological polar surface area (TPSA) is 26.3 Å². The zero-order valence-electron chi connectivity index (χ0n) is 9.37. The lowest BCUT2D eigenvalue weighted by atomic mass is 10.1. The molecule has 0 N–H and O–H groups in total. The second-order valence-electron chi connectivity index (χ2n) is 3.22. The third kappa shape index (κ3) is 4.23. The molecule has 90 valence electrons. The minimum absolute atomic E-state index is 0.0862. The van der Waals surface area contributed by atoms with Crippen LogP contribution in [0.4, 0.5) is 8.78 Å². The molecule has 1 aromatic carbocycles. The van der Waals surface area contributed by atoms with E-state index in [9.17, 15) is 13.6 Å². The SMILES string of the molecule is CC#CCCC(=O)c1ccccc1OC(F)F. The number of halogens is 2. The molecule has 0 unspecified atom stereocenters. The molecule has 2 nitrogen and oxygen atoms in total. The predicted octanol–water partition coefficient (Wildman–Crippen LogP) is 3.27. The number of rotatable bonds is 5. The minimum Gasteiger partial charge on any atom is -0.434 e. The number of Topliss-reactive ketones (excluding diaryl/α,β-unsaturated/α-hetero) is 1. The molecule has 0 bridgehead atoms. The van der Waals surface area contributed by atoms with Gasteiger partial charge < -0.3 is 4.74 Å². The van der Waals surface area contributed by atoms with Crippen LogP contribution in [0.15, 0.2) is 24.3 Å². The highest BCUT2D eigenvalue weighted by Gasteiger charge is 2.14. The lowest BCUT2D eigenvalue weighted by Crippen LogP contribution is -2.07. The molecule has 0 fully saturated rings. The zero-order chi connectivity index (χ0) is 12.7. The van der Waals surface area contributed by atoms with Crippen LogP contribution in [0.1, 0.15) is 30.1 Å². The van der Waals surface area contributed by atoms with Gasteiger partial charge in [-0.15, -0.1) is 11.8 Å². The van der Waals surface area contributed by atoms with E-state index >= 15 is 0 Å². The molecule has 1 aromatic rings. The highest BCUT2D eigenvalue weighted by molar-refractivity contribution is 5.98. The molecule has 0 saturated heterocycles. The Morgan fingerprint density at radius 3 is 2.76 bits per heavy atom. The number of para-hydroxylation sites is 1. The van der Waals surface area contributed by atoms with Gasteiger partial charge in [-0.3, -0.25) is 4.79 Å². The average molecular weight is 238 g/mol. The van der Waals surface area contributed by atoms with Gasteiger partial charge in [0.05, 0.1) is 5.56 Å². The molecule has 4 heteroatoms. The highest BCUT2D eigenvalue weighted by atomic mass is 19.3. The molecule has 1 rings (SSSR count). The number of ether oxygens (including phenoxy) is 1. The maximum atomic E-state index is 12.1. The Hall–Kier alpha value is -1.89. The average Bonchev–Trinajstić information content (AvgIpc) is 2.29. The first-order chi connectivity index (χ1) is 8.15. The molecule has 0 atom stereocenters. The lowest BCUT2D eigenvalue weighted by Gasteiger charge is -2.08. The summed E-state index contributed by atoms with van der Waals surface area (Å²) in [6.07, 6.45) is 0.614. The van der Waals surface area contributed by atoms with E-state index in [0.717, 1.165) is 0 Å². The van der Waals surface area contributed by atoms with Crippen LogP contribution in [0.25, 0.3) is 0 Å². The summed E-state index contributed by atoms with van der Waals surface area (Å²) < 4.78 is 28.5. The molecule has 0 aliphatic heterocycles. The molecule has 0 heterocycles. The van der Waals surface area contributed by atoms with Crippen molar-refractivity contribution in [2.75, 3.05) is 0 Å². The fraction of sp³-hybridized carbons (Fsp3) is 0.308. The molecule has 0 radical (unpaired) electrons. The number of ketones is 1. The smallest absolute Gasteiger partial charge is 0.387 e. The Morgan fingerprint density at radius 2 is 2.12 bits per heavy atom. The Balaban J connectivity index is 2.80. The molecule has 0 amide bonds. The molecular formula is C13H12F2O2. The largest absolute Gasteiger partial charge is 0.434 e. The third-order valence-corrected chi connectivity index (χ3v) is 2.06. The summed E-state index contributed by atoms with van der Waals surface area (Å²) in [4.78, 5) is 11.7. The van der Waals surface area contributed by atoms with Crippen molar-refractivity contribution in [2.24, 2.45) is 0 Å². The quantitative estimate of drug-likeness (QED) is 0.581. The second kappa shape index (κ2) is 6.64. The van der Waals surface area contributed by atoms with Crippen molar-refractivity contribution < 1.29 is 18.3 Å². The lowest BCUT2D eigenvalue weighted by molar-refractivity contribution is -0.0501. The van der Waals surface area contributed by atoms with Gasteiger partial charge in [-0.25, -0.2) is 0 Å². The van der Waals surface area contributed by atoms with E-state index in [-0.39, 0.29) is 23.5 Å². The third-order valence-electron chi connectivity index (χ3n) is 2.06. The van der Waals surface area contributed by atoms with Gasteiger partial charge in [-0.1, -0.05) is 12.1 Å². The monoisotopic (exact) mass is 238 g/mol. The Bertz CT molecular complexity index is 444. The first-order valence-corrected chi connectivity index (χ1v) is 5.11. The number of hydrogen-bond acceptors (Lipinski definition) is 2. The van der Waals surface area contributed by atoms with Gasteiger partial charge in [-0.2, -0.15) is 8.78 Å². The van der Waals surface area contributed by atoms with Crippen molar-refractivity contribution in [1.29, 1.82) is 0 Å². The maximum absolute atomic E-state index is 12.1. The van der Waals surface area contributed by atoms with Crippen LogP contribution in [0.5, 0.6) is 5.75 Å². The van der Waals surface area contributed by atoms with Gasteiger partial charge in [-0.05, 0) is 19.1 Å². The standard InChI is InChI=1S/C13H12F2O2/c1-2-3-4-8-11(16)10-7-5-6-9-12(10)17-13(14)15/h5-7,9,13H,4,8H2,1H3. The number of hydrogen-bond donors (Lipinski definition) is 0. The summed E-state index contributed by atoms with van der Waals surface area (Å²) in [5.74, 6) is 5.08. The van der Waals surface area contributed by atoms with E-state index in [1.165, 1.54) is 12.1 Å². The van der Waals surface area contributed by atoms with E-state index in [0.29, 0.717) is 6.42 Å². The van der Waals surface area contributed by atoms with Crippen LogP contribution in [-0.4, -0.2) is 12.4 Å². The van der Waals surface area contributed by atoms with Crippen LogP contribution in [0, 0.1) is 11.8 Å². The predicted molar refractivity (Wildman–Crippen MR) is 60.1 cm³/mol. The molecule has 17 heavy (non-hydrogen) atoms. The number of carbonyl (C=O) groups excluding carboxylic acids is 1. The van der Waals surface area contributed by atoms with Crippen LogP contribution in [0.3, 0.4) is 0 Å². The summed E-state index contributed by atoms with van der Waals surface area (Å²) in [5.41, 5.74) is 0.172. The molecule has 0 aromatic heterocycles. The van der Waals surface area contributed by atoms with Crippen molar-refractivity contribution in [3.05, 3.63) is 29.8 Å². The maximum Gasteiger partial charge on any atom is 0.387 e. The summed E-state index contributed by atoms with van der Waals surface area (Å²) >= 11 is 0. The summed E-state index contributed by atoms with van der Waals surface area (Å²) in [7, 11) is 0. The van der Waals surface area contributed by atoms with Crippen LogP contribution < -0.4 is 4.74 Å². The van der Waals surface area contributed by atoms with Crippen LogP contribution >= 0.6 is 0 Å².